The highest BCUT2D eigenvalue weighted by Gasteiger charge is 2.37. The minimum atomic E-state index is -0.614. The van der Waals surface area contributed by atoms with E-state index in [-0.39, 0.29) is 11.9 Å². The lowest BCUT2D eigenvalue weighted by Gasteiger charge is -2.31. The summed E-state index contributed by atoms with van der Waals surface area (Å²) in [7, 11) is 0. The molecule has 0 bridgehead atoms. The van der Waals surface area contributed by atoms with Crippen molar-refractivity contribution in [2.24, 2.45) is 5.41 Å². The molecule has 5 rings (SSSR count). The van der Waals surface area contributed by atoms with Gasteiger partial charge in [-0.15, -0.1) is 0 Å². The van der Waals surface area contributed by atoms with Crippen molar-refractivity contribution in [2.45, 2.75) is 45.2 Å². The standard InChI is InChI=1S/C26H30N6O/c1-26(11-8-23-22(16-26)24(31-30-23)19-9-13-27-14-10-19)25(33)29-21-7-3-5-15-32(18-21)17-20-6-2-4-12-28-20/h2,4,6,8-14,21H,3,5,7,15-18H2,1H3,(H,29,33)(H,30,31). The van der Waals surface area contributed by atoms with Crippen LogP contribution in [0.15, 0.2) is 55.0 Å². The summed E-state index contributed by atoms with van der Waals surface area (Å²) in [5, 5.41) is 11.0. The van der Waals surface area contributed by atoms with Crippen molar-refractivity contribution in [3.63, 3.8) is 0 Å². The van der Waals surface area contributed by atoms with Crippen LogP contribution in [0.25, 0.3) is 17.3 Å². The number of hydrogen-bond acceptors (Lipinski definition) is 5. The topological polar surface area (TPSA) is 86.8 Å². The van der Waals surface area contributed by atoms with Gasteiger partial charge in [0.05, 0.1) is 22.5 Å². The van der Waals surface area contributed by atoms with E-state index in [2.05, 4.69) is 36.4 Å². The molecule has 2 unspecified atom stereocenters. The van der Waals surface area contributed by atoms with Crippen LogP contribution in [-0.4, -0.2) is 50.1 Å². The summed E-state index contributed by atoms with van der Waals surface area (Å²) < 4.78 is 0. The fourth-order valence-electron chi connectivity index (χ4n) is 4.85. The molecular formula is C26H30N6O. The molecule has 1 amide bonds. The number of H-pyrrole nitrogens is 1. The predicted octanol–water partition coefficient (Wildman–Crippen LogP) is 3.61. The number of pyridine rings is 2. The summed E-state index contributed by atoms with van der Waals surface area (Å²) >= 11 is 0. The molecule has 0 spiro atoms. The van der Waals surface area contributed by atoms with Gasteiger partial charge in [-0.25, -0.2) is 0 Å². The molecule has 1 aliphatic carbocycles. The Hall–Kier alpha value is -3.32. The average molecular weight is 443 g/mol. The third kappa shape index (κ3) is 4.73. The zero-order valence-corrected chi connectivity index (χ0v) is 19.0. The van der Waals surface area contributed by atoms with E-state index < -0.39 is 5.41 Å². The second-order valence-electron chi connectivity index (χ2n) is 9.35. The summed E-state index contributed by atoms with van der Waals surface area (Å²) in [5.41, 5.74) is 4.42. The number of carbonyl (C=O) groups excluding carboxylic acids is 1. The highest BCUT2D eigenvalue weighted by atomic mass is 16.2. The Kier molecular flexibility index (Phi) is 6.05. The van der Waals surface area contributed by atoms with Gasteiger partial charge >= 0.3 is 0 Å². The van der Waals surface area contributed by atoms with E-state index in [1.54, 1.807) is 12.4 Å². The SMILES string of the molecule is CC1(C(=O)NC2CCCCN(Cc3ccccn3)C2)C=Cc2[nH]nc(-c3ccncc3)c2C1. The first-order valence-corrected chi connectivity index (χ1v) is 11.7. The first kappa shape index (κ1) is 21.5. The van der Waals surface area contributed by atoms with Crippen LogP contribution in [0, 0.1) is 5.41 Å². The van der Waals surface area contributed by atoms with Gasteiger partial charge in [0.15, 0.2) is 0 Å². The van der Waals surface area contributed by atoms with Crippen molar-refractivity contribution in [3.05, 3.63) is 71.9 Å². The molecule has 170 valence electrons. The lowest BCUT2D eigenvalue weighted by Crippen LogP contribution is -2.48. The molecule has 2 atom stereocenters. The number of amides is 1. The Bertz CT molecular complexity index is 1130. The van der Waals surface area contributed by atoms with Gasteiger partial charge < -0.3 is 5.32 Å². The maximum Gasteiger partial charge on any atom is 0.230 e. The van der Waals surface area contributed by atoms with E-state index in [1.165, 1.54) is 0 Å². The van der Waals surface area contributed by atoms with Crippen LogP contribution in [0.1, 0.15) is 43.1 Å². The van der Waals surface area contributed by atoms with Gasteiger partial charge in [-0.05, 0) is 63.1 Å². The fraction of sp³-hybridized carbons (Fsp3) is 0.385. The number of aromatic nitrogens is 4. The van der Waals surface area contributed by atoms with E-state index in [0.717, 1.165) is 67.1 Å². The minimum Gasteiger partial charge on any atom is -0.351 e. The number of nitrogens with zero attached hydrogens (tertiary/aromatic N) is 4. The molecule has 2 aliphatic rings. The van der Waals surface area contributed by atoms with Crippen molar-refractivity contribution in [1.82, 2.24) is 30.4 Å². The molecule has 7 heteroatoms. The monoisotopic (exact) mass is 442 g/mol. The van der Waals surface area contributed by atoms with Gasteiger partial charge in [0.2, 0.25) is 5.91 Å². The van der Waals surface area contributed by atoms with Crippen LogP contribution in [0.3, 0.4) is 0 Å². The van der Waals surface area contributed by atoms with Gasteiger partial charge in [-0.2, -0.15) is 5.10 Å². The third-order valence-corrected chi connectivity index (χ3v) is 6.74. The lowest BCUT2D eigenvalue weighted by molar-refractivity contribution is -0.128. The van der Waals surface area contributed by atoms with Gasteiger partial charge in [0, 0.05) is 48.8 Å². The molecule has 4 heterocycles. The highest BCUT2D eigenvalue weighted by molar-refractivity contribution is 5.88. The smallest absolute Gasteiger partial charge is 0.230 e. The molecule has 0 radical (unpaired) electrons. The van der Waals surface area contributed by atoms with Crippen LogP contribution in [0.4, 0.5) is 0 Å². The molecule has 1 aliphatic heterocycles. The molecule has 3 aromatic heterocycles. The van der Waals surface area contributed by atoms with Crippen LogP contribution < -0.4 is 5.32 Å². The number of nitrogens with one attached hydrogen (secondary N) is 2. The summed E-state index contributed by atoms with van der Waals surface area (Å²) in [6.45, 7) is 4.72. The van der Waals surface area contributed by atoms with Crippen molar-refractivity contribution >= 4 is 12.0 Å². The van der Waals surface area contributed by atoms with E-state index in [4.69, 9.17) is 0 Å². The van der Waals surface area contributed by atoms with Gasteiger partial charge in [-0.3, -0.25) is 24.8 Å². The molecule has 2 N–H and O–H groups in total. The third-order valence-electron chi connectivity index (χ3n) is 6.74. The fourth-order valence-corrected chi connectivity index (χ4v) is 4.85. The van der Waals surface area contributed by atoms with Crippen LogP contribution in [-0.2, 0) is 17.8 Å². The van der Waals surface area contributed by atoms with E-state index in [0.29, 0.717) is 6.42 Å². The molecule has 1 saturated heterocycles. The van der Waals surface area contributed by atoms with Gasteiger partial charge in [-0.1, -0.05) is 18.6 Å². The van der Waals surface area contributed by atoms with E-state index in [1.807, 2.05) is 49.5 Å². The quantitative estimate of drug-likeness (QED) is 0.630. The average Bonchev–Trinajstić information content (AvgIpc) is 3.12. The molecule has 1 fully saturated rings. The minimum absolute atomic E-state index is 0.0796. The number of aromatic amines is 1. The number of fused-ring (bicyclic) bond motifs is 1. The van der Waals surface area contributed by atoms with E-state index in [9.17, 15) is 4.79 Å². The second-order valence-corrected chi connectivity index (χ2v) is 9.35. The first-order chi connectivity index (χ1) is 16.1. The van der Waals surface area contributed by atoms with Gasteiger partial charge in [0.1, 0.15) is 0 Å². The number of likely N-dealkylation sites (tertiary alicyclic amines) is 1. The van der Waals surface area contributed by atoms with Crippen molar-refractivity contribution in [1.29, 1.82) is 0 Å². The second kappa shape index (κ2) is 9.27. The highest BCUT2D eigenvalue weighted by Crippen LogP contribution is 2.36. The summed E-state index contributed by atoms with van der Waals surface area (Å²) in [4.78, 5) is 24.5. The number of hydrogen-bond donors (Lipinski definition) is 2. The molecule has 0 aromatic carbocycles. The Labute approximate surface area is 194 Å². The zero-order chi connectivity index (χ0) is 22.7. The Balaban J connectivity index is 1.28. The van der Waals surface area contributed by atoms with E-state index >= 15 is 0 Å². The van der Waals surface area contributed by atoms with Gasteiger partial charge in [0.25, 0.3) is 0 Å². The van der Waals surface area contributed by atoms with Crippen LogP contribution in [0.2, 0.25) is 0 Å². The molecule has 7 nitrogen and oxygen atoms in total. The Morgan fingerprint density at radius 1 is 1.21 bits per heavy atom. The summed E-state index contributed by atoms with van der Waals surface area (Å²) in [6, 6.07) is 10.1. The Morgan fingerprint density at radius 3 is 2.91 bits per heavy atom. The van der Waals surface area contributed by atoms with Crippen molar-refractivity contribution < 1.29 is 4.79 Å². The largest absolute Gasteiger partial charge is 0.351 e. The maximum absolute atomic E-state index is 13.5. The zero-order valence-electron chi connectivity index (χ0n) is 19.0. The number of rotatable bonds is 5. The van der Waals surface area contributed by atoms with Crippen LogP contribution in [0.5, 0.6) is 0 Å². The van der Waals surface area contributed by atoms with Crippen LogP contribution >= 0.6 is 0 Å². The maximum atomic E-state index is 13.5. The predicted molar refractivity (Wildman–Crippen MR) is 128 cm³/mol. The van der Waals surface area contributed by atoms with Crippen molar-refractivity contribution in [2.75, 3.05) is 13.1 Å². The summed E-state index contributed by atoms with van der Waals surface area (Å²) in [5.74, 6) is 0.0796. The first-order valence-electron chi connectivity index (χ1n) is 11.7. The molecule has 33 heavy (non-hydrogen) atoms. The number of carbonyl (C=O) groups is 1. The van der Waals surface area contributed by atoms with Crippen molar-refractivity contribution in [3.8, 4) is 11.3 Å². The normalized spacial score (nSPS) is 23.0. The molecular weight excluding hydrogens is 412 g/mol. The summed E-state index contributed by atoms with van der Waals surface area (Å²) in [6.07, 6.45) is 13.3. The molecule has 3 aromatic rings. The Morgan fingerprint density at radius 2 is 2.09 bits per heavy atom. The molecule has 0 saturated carbocycles. The lowest BCUT2D eigenvalue weighted by atomic mass is 9.77.